The first-order valence-corrected chi connectivity index (χ1v) is 5.72. The Balaban J connectivity index is 2.91. The first-order chi connectivity index (χ1) is 6.93. The van der Waals surface area contributed by atoms with Crippen molar-refractivity contribution in [1.82, 2.24) is 5.01 Å². The molecular formula is C8H10N2O4S. The Bertz CT molecular complexity index is 443. The third-order valence-electron chi connectivity index (χ3n) is 1.74. The molecule has 0 bridgehead atoms. The van der Waals surface area contributed by atoms with E-state index in [9.17, 15) is 18.5 Å². The number of hydrazine groups is 1. The molecule has 1 aromatic carbocycles. The van der Waals surface area contributed by atoms with E-state index in [1.807, 2.05) is 0 Å². The summed E-state index contributed by atoms with van der Waals surface area (Å²) in [5.41, 5.74) is 0. The van der Waals surface area contributed by atoms with Gasteiger partial charge in [-0.15, -0.1) is 5.01 Å². The van der Waals surface area contributed by atoms with Crippen LogP contribution in [0.5, 0.6) is 0 Å². The van der Waals surface area contributed by atoms with Gasteiger partial charge in [0.15, 0.2) is 10.9 Å². The first-order valence-electron chi connectivity index (χ1n) is 4.07. The van der Waals surface area contributed by atoms with Crippen molar-refractivity contribution in [2.45, 2.75) is 4.90 Å². The van der Waals surface area contributed by atoms with Crippen LogP contribution in [0.4, 0.5) is 0 Å². The molecule has 82 valence electrons. The second kappa shape index (κ2) is 4.26. The zero-order chi connectivity index (χ0) is 11.5. The van der Waals surface area contributed by atoms with E-state index in [2.05, 4.69) is 0 Å². The van der Waals surface area contributed by atoms with E-state index in [0.717, 1.165) is 7.05 Å². The monoisotopic (exact) mass is 230 g/mol. The Labute approximate surface area is 87.2 Å². The van der Waals surface area contributed by atoms with E-state index in [4.69, 9.17) is 0 Å². The molecule has 1 rings (SSSR count). The molecule has 6 nitrogen and oxygen atoms in total. The van der Waals surface area contributed by atoms with Gasteiger partial charge < -0.3 is 0 Å². The highest BCUT2D eigenvalue weighted by Crippen LogP contribution is 2.10. The third-order valence-corrected chi connectivity index (χ3v) is 3.44. The molecule has 0 saturated heterocycles. The van der Waals surface area contributed by atoms with E-state index < -0.39 is 20.7 Å². The molecule has 0 N–H and O–H groups in total. The molecule has 0 unspecified atom stereocenters. The highest BCUT2D eigenvalue weighted by atomic mass is 32.2. The molecule has 0 aliphatic carbocycles. The van der Waals surface area contributed by atoms with E-state index in [1.54, 1.807) is 18.2 Å². The van der Waals surface area contributed by atoms with Crippen molar-refractivity contribution in [1.29, 1.82) is 0 Å². The van der Waals surface area contributed by atoms with E-state index in [-0.39, 0.29) is 4.90 Å². The van der Waals surface area contributed by atoms with E-state index in [0.29, 0.717) is 5.01 Å². The number of benzene rings is 1. The molecule has 0 heterocycles. The zero-order valence-electron chi connectivity index (χ0n) is 8.03. The molecule has 7 heteroatoms. The van der Waals surface area contributed by atoms with Crippen LogP contribution < -0.4 is 0 Å². The van der Waals surface area contributed by atoms with Crippen LogP contribution >= 0.6 is 0 Å². The fourth-order valence-corrected chi connectivity index (χ4v) is 2.30. The van der Waals surface area contributed by atoms with Crippen LogP contribution in [-0.4, -0.2) is 31.4 Å². The summed E-state index contributed by atoms with van der Waals surface area (Å²) in [7, 11) is -2.51. The Morgan fingerprint density at radius 1 is 1.33 bits per heavy atom. The summed E-state index contributed by atoms with van der Waals surface area (Å²) >= 11 is 0. The summed E-state index contributed by atoms with van der Waals surface area (Å²) in [6, 6.07) is 7.63. The average Bonchev–Trinajstić information content (AvgIpc) is 2.18. The lowest BCUT2D eigenvalue weighted by Gasteiger charge is -2.08. The summed E-state index contributed by atoms with van der Waals surface area (Å²) < 4.78 is 23.2. The Hall–Kier alpha value is -1.63. The largest absolute Gasteiger partial charge is 0.235 e. The molecular weight excluding hydrogens is 220 g/mol. The topological polar surface area (TPSA) is 80.5 Å². The van der Waals surface area contributed by atoms with E-state index >= 15 is 0 Å². The average molecular weight is 230 g/mol. The van der Waals surface area contributed by atoms with Crippen LogP contribution in [0.1, 0.15) is 0 Å². The van der Waals surface area contributed by atoms with E-state index in [1.165, 1.54) is 12.1 Å². The van der Waals surface area contributed by atoms with Gasteiger partial charge in [0.1, 0.15) is 0 Å². The number of sulfone groups is 1. The van der Waals surface area contributed by atoms with Crippen molar-refractivity contribution in [3.8, 4) is 0 Å². The van der Waals surface area contributed by atoms with Crippen LogP contribution in [0.2, 0.25) is 0 Å². The molecule has 0 radical (unpaired) electrons. The lowest BCUT2D eigenvalue weighted by molar-refractivity contribution is -0.644. The van der Waals surface area contributed by atoms with Gasteiger partial charge in [-0.25, -0.2) is 18.5 Å². The number of nitro groups is 1. The highest BCUT2D eigenvalue weighted by Gasteiger charge is 2.21. The summed E-state index contributed by atoms with van der Waals surface area (Å²) in [5, 5.41) is 10.0. The van der Waals surface area contributed by atoms with Gasteiger partial charge in [-0.3, -0.25) is 0 Å². The highest BCUT2D eigenvalue weighted by molar-refractivity contribution is 7.91. The summed E-state index contributed by atoms with van der Waals surface area (Å²) in [5.74, 6) is -0.635. The predicted molar refractivity (Wildman–Crippen MR) is 53.3 cm³/mol. The van der Waals surface area contributed by atoms with Gasteiger partial charge in [0, 0.05) is 0 Å². The standard InChI is InChI=1S/C8H10N2O4S/c1-9(10(11)12)7-15(13,14)8-5-3-2-4-6-8/h2-6H,7H2,1H3. The maximum Gasteiger partial charge on any atom is 0.202 e. The van der Waals surface area contributed by atoms with Gasteiger partial charge in [-0.2, -0.15) is 0 Å². The maximum atomic E-state index is 11.6. The fraction of sp³-hybridized carbons (Fsp3) is 0.250. The fourth-order valence-electron chi connectivity index (χ4n) is 0.995. The number of nitrogens with zero attached hydrogens (tertiary/aromatic N) is 2. The van der Waals surface area contributed by atoms with Crippen molar-refractivity contribution >= 4 is 9.84 Å². The molecule has 0 aromatic heterocycles. The summed E-state index contributed by atoms with van der Waals surface area (Å²) in [6.07, 6.45) is 0. The van der Waals surface area contributed by atoms with Gasteiger partial charge >= 0.3 is 0 Å². The van der Waals surface area contributed by atoms with Crippen LogP contribution in [0.25, 0.3) is 0 Å². The number of rotatable bonds is 4. The minimum atomic E-state index is -3.62. The summed E-state index contributed by atoms with van der Waals surface area (Å²) in [6.45, 7) is 0. The minimum absolute atomic E-state index is 0.0821. The SMILES string of the molecule is CN(CS(=O)(=O)c1ccccc1)[N+](=O)[O-]. The van der Waals surface area contributed by atoms with Crippen LogP contribution in [-0.2, 0) is 9.84 Å². The molecule has 0 spiro atoms. The summed E-state index contributed by atoms with van der Waals surface area (Å²) in [4.78, 5) is 10.4. The van der Waals surface area contributed by atoms with Gasteiger partial charge in [-0.05, 0) is 12.1 Å². The maximum absolute atomic E-state index is 11.6. The number of hydrogen-bond donors (Lipinski definition) is 0. The molecule has 0 aliphatic heterocycles. The van der Waals surface area contributed by atoms with Crippen LogP contribution in [0.3, 0.4) is 0 Å². The lowest BCUT2D eigenvalue weighted by Crippen LogP contribution is -2.31. The van der Waals surface area contributed by atoms with Crippen molar-refractivity contribution in [2.24, 2.45) is 0 Å². The molecule has 0 aliphatic rings. The second-order valence-electron chi connectivity index (χ2n) is 2.95. The van der Waals surface area contributed by atoms with Crippen LogP contribution in [0.15, 0.2) is 35.2 Å². The molecule has 0 amide bonds. The van der Waals surface area contributed by atoms with Gasteiger partial charge in [0.05, 0.1) is 11.9 Å². The van der Waals surface area contributed by atoms with Gasteiger partial charge in [0.2, 0.25) is 9.84 Å². The van der Waals surface area contributed by atoms with Crippen molar-refractivity contribution < 1.29 is 13.5 Å². The van der Waals surface area contributed by atoms with Gasteiger partial charge in [0.25, 0.3) is 0 Å². The minimum Gasteiger partial charge on any atom is -0.235 e. The normalized spacial score (nSPS) is 11.0. The molecule has 15 heavy (non-hydrogen) atoms. The lowest BCUT2D eigenvalue weighted by atomic mass is 10.4. The Morgan fingerprint density at radius 3 is 2.33 bits per heavy atom. The quantitative estimate of drug-likeness (QED) is 0.557. The second-order valence-corrected chi connectivity index (χ2v) is 4.91. The Morgan fingerprint density at radius 2 is 1.87 bits per heavy atom. The van der Waals surface area contributed by atoms with Gasteiger partial charge in [-0.1, -0.05) is 18.2 Å². The third kappa shape index (κ3) is 2.91. The molecule has 0 saturated carbocycles. The molecule has 1 aromatic rings. The smallest absolute Gasteiger partial charge is 0.202 e. The first kappa shape index (κ1) is 11.4. The zero-order valence-corrected chi connectivity index (χ0v) is 8.85. The Kier molecular flexibility index (Phi) is 3.25. The molecule has 0 atom stereocenters. The van der Waals surface area contributed by atoms with Crippen molar-refractivity contribution in [3.05, 3.63) is 40.4 Å². The molecule has 0 fully saturated rings. The number of hydrogen-bond acceptors (Lipinski definition) is 4. The van der Waals surface area contributed by atoms with Crippen molar-refractivity contribution in [3.63, 3.8) is 0 Å². The van der Waals surface area contributed by atoms with Crippen molar-refractivity contribution in [2.75, 3.05) is 12.9 Å². The predicted octanol–water partition coefficient (Wildman–Crippen LogP) is 0.541. The van der Waals surface area contributed by atoms with Crippen LogP contribution in [0, 0.1) is 10.1 Å².